The Morgan fingerprint density at radius 1 is 1.38 bits per heavy atom. The molecule has 2 saturated heterocycles. The van der Waals surface area contributed by atoms with Crippen LogP contribution in [0.1, 0.15) is 18.0 Å². The van der Waals surface area contributed by atoms with Crippen molar-refractivity contribution in [2.45, 2.75) is 30.3 Å². The Kier molecular flexibility index (Phi) is 5.89. The molecule has 5 rings (SSSR count). The van der Waals surface area contributed by atoms with Crippen LogP contribution in [0.2, 0.25) is 0 Å². The highest BCUT2D eigenvalue weighted by atomic mass is 19.3. The predicted octanol–water partition coefficient (Wildman–Crippen LogP) is 1.99. The molecule has 0 radical (unpaired) electrons. The normalized spacial score (nSPS) is 19.2. The number of aliphatic imine (C=N–C) groups is 1. The van der Waals surface area contributed by atoms with E-state index in [0.717, 1.165) is 0 Å². The van der Waals surface area contributed by atoms with Gasteiger partial charge in [-0.3, -0.25) is 19.0 Å². The van der Waals surface area contributed by atoms with Gasteiger partial charge in [0.05, 0.1) is 61.7 Å². The Balaban J connectivity index is 1.47. The lowest BCUT2D eigenvalue weighted by atomic mass is 9.87. The van der Waals surface area contributed by atoms with Gasteiger partial charge < -0.3 is 10.1 Å². The number of halogens is 2. The maximum Gasteiger partial charge on any atom is 0.251 e. The van der Waals surface area contributed by atoms with E-state index < -0.39 is 17.9 Å². The van der Waals surface area contributed by atoms with Crippen molar-refractivity contribution in [2.24, 2.45) is 4.99 Å². The van der Waals surface area contributed by atoms with Crippen molar-refractivity contribution in [1.82, 2.24) is 29.0 Å². The first-order valence-electron chi connectivity index (χ1n) is 10.9. The molecular weight excluding hydrogens is 444 g/mol. The fourth-order valence-corrected chi connectivity index (χ4v) is 4.34. The van der Waals surface area contributed by atoms with Crippen LogP contribution in [0, 0.1) is 16.7 Å². The summed E-state index contributed by atoms with van der Waals surface area (Å²) < 4.78 is 34.2. The summed E-state index contributed by atoms with van der Waals surface area (Å²) in [5.74, 6) is 0.162. The summed E-state index contributed by atoms with van der Waals surface area (Å²) >= 11 is 0. The second-order valence-corrected chi connectivity index (χ2v) is 8.64. The van der Waals surface area contributed by atoms with Crippen molar-refractivity contribution < 1.29 is 13.5 Å². The lowest BCUT2D eigenvalue weighted by molar-refractivity contribution is -0.0311. The Morgan fingerprint density at radius 2 is 2.21 bits per heavy atom. The van der Waals surface area contributed by atoms with Gasteiger partial charge >= 0.3 is 0 Å². The lowest BCUT2D eigenvalue weighted by Gasteiger charge is -2.48. The van der Waals surface area contributed by atoms with Gasteiger partial charge in [0.25, 0.3) is 6.43 Å². The van der Waals surface area contributed by atoms with Gasteiger partial charge in [-0.15, -0.1) is 0 Å². The minimum absolute atomic E-state index is 0.110. The van der Waals surface area contributed by atoms with E-state index in [-0.39, 0.29) is 19.0 Å². The summed E-state index contributed by atoms with van der Waals surface area (Å²) in [6.45, 7) is 1.50. The first-order chi connectivity index (χ1) is 16.5. The van der Waals surface area contributed by atoms with Gasteiger partial charge in [0.1, 0.15) is 17.0 Å². The third-order valence-corrected chi connectivity index (χ3v) is 6.18. The minimum atomic E-state index is -2.42. The van der Waals surface area contributed by atoms with Crippen LogP contribution >= 0.6 is 0 Å². The topological polar surface area (TPSA) is 120 Å². The molecule has 2 aliphatic rings. The van der Waals surface area contributed by atoms with Crippen LogP contribution in [0.15, 0.2) is 35.8 Å². The number of hydrogen-bond donors (Lipinski definition) is 1. The molecule has 34 heavy (non-hydrogen) atoms. The van der Waals surface area contributed by atoms with Crippen LogP contribution in [0.25, 0.3) is 17.0 Å². The summed E-state index contributed by atoms with van der Waals surface area (Å²) in [4.78, 5) is 15.3. The first-order valence-corrected chi connectivity index (χ1v) is 10.9. The molecule has 3 aromatic heterocycles. The van der Waals surface area contributed by atoms with Crippen LogP contribution < -0.4 is 0 Å². The maximum absolute atomic E-state index is 12.8. The Labute approximate surface area is 194 Å². The number of fused-ring (bicyclic) bond motifs is 1. The minimum Gasteiger partial charge on any atom is -0.377 e. The largest absolute Gasteiger partial charge is 0.377 e. The van der Waals surface area contributed by atoms with Crippen molar-refractivity contribution in [3.63, 3.8) is 0 Å². The Bertz CT molecular complexity index is 1250. The highest BCUT2D eigenvalue weighted by Crippen LogP contribution is 2.34. The molecule has 0 aromatic carbocycles. The molecule has 12 heteroatoms. The third kappa shape index (κ3) is 4.08. The zero-order valence-corrected chi connectivity index (χ0v) is 18.3. The Morgan fingerprint density at radius 3 is 2.88 bits per heavy atom. The first kappa shape index (κ1) is 22.2. The van der Waals surface area contributed by atoms with Crippen LogP contribution in [-0.2, 0) is 10.3 Å². The van der Waals surface area contributed by atoms with E-state index in [2.05, 4.69) is 21.1 Å². The molecule has 0 amide bonds. The zero-order valence-electron chi connectivity index (χ0n) is 18.3. The molecule has 0 saturated carbocycles. The van der Waals surface area contributed by atoms with Crippen molar-refractivity contribution in [1.29, 1.82) is 10.7 Å². The molecule has 10 nitrogen and oxygen atoms in total. The van der Waals surface area contributed by atoms with Crippen LogP contribution in [0.4, 0.5) is 8.78 Å². The lowest BCUT2D eigenvalue weighted by Crippen LogP contribution is -2.63. The number of likely N-dealkylation sites (tertiary alicyclic amines) is 1. The van der Waals surface area contributed by atoms with Gasteiger partial charge in [0.2, 0.25) is 0 Å². The maximum atomic E-state index is 12.8. The number of rotatable bonds is 9. The van der Waals surface area contributed by atoms with Crippen molar-refractivity contribution in [3.05, 3.63) is 36.5 Å². The SMILES string of the molecule is N#CCC1(n2cc(-c3nc(C(C=N)C=NC4COC4)cc4nccn34)cn2)CN(CC(F)F)C1. The molecule has 5 heterocycles. The predicted molar refractivity (Wildman–Crippen MR) is 119 cm³/mol. The second-order valence-electron chi connectivity index (χ2n) is 8.64. The average Bonchev–Trinajstić information content (AvgIpc) is 3.42. The molecular formula is C22H23F2N9O. The molecule has 3 aromatic rings. The second kappa shape index (κ2) is 9.00. The van der Waals surface area contributed by atoms with Gasteiger partial charge in [0.15, 0.2) is 0 Å². The summed E-state index contributed by atoms with van der Waals surface area (Å²) in [5.41, 5.74) is 1.34. The molecule has 1 N–H and O–H groups in total. The number of nitrogens with one attached hydrogen (secondary N) is 1. The molecule has 2 aliphatic heterocycles. The number of nitriles is 1. The van der Waals surface area contributed by atoms with Gasteiger partial charge in [-0.05, 0) is 0 Å². The average molecular weight is 467 g/mol. The zero-order chi connectivity index (χ0) is 23.7. The summed E-state index contributed by atoms with van der Waals surface area (Å²) in [7, 11) is 0. The van der Waals surface area contributed by atoms with Gasteiger partial charge in [-0.25, -0.2) is 18.7 Å². The van der Waals surface area contributed by atoms with E-state index >= 15 is 0 Å². The summed E-state index contributed by atoms with van der Waals surface area (Å²) in [6.07, 6.45) is 7.64. The fraction of sp³-hybridized carbons (Fsp3) is 0.455. The van der Waals surface area contributed by atoms with Crippen LogP contribution in [0.3, 0.4) is 0 Å². The van der Waals surface area contributed by atoms with Crippen LogP contribution in [0.5, 0.6) is 0 Å². The molecule has 0 spiro atoms. The van der Waals surface area contributed by atoms with E-state index in [9.17, 15) is 14.0 Å². The van der Waals surface area contributed by atoms with E-state index in [1.54, 1.807) is 40.6 Å². The third-order valence-electron chi connectivity index (χ3n) is 6.18. The van der Waals surface area contributed by atoms with Gasteiger partial charge in [-0.2, -0.15) is 10.4 Å². The molecule has 176 valence electrons. The summed E-state index contributed by atoms with van der Waals surface area (Å²) in [5, 5.41) is 21.7. The van der Waals surface area contributed by atoms with E-state index in [1.807, 2.05) is 10.5 Å². The van der Waals surface area contributed by atoms with Crippen LogP contribution in [-0.4, -0.2) is 86.8 Å². The Hall–Kier alpha value is -3.56. The van der Waals surface area contributed by atoms with E-state index in [0.29, 0.717) is 49.0 Å². The monoisotopic (exact) mass is 467 g/mol. The number of nitrogens with zero attached hydrogens (tertiary/aromatic N) is 8. The summed E-state index contributed by atoms with van der Waals surface area (Å²) in [6, 6.07) is 4.10. The number of aromatic nitrogens is 5. The molecule has 1 unspecified atom stereocenters. The molecule has 2 fully saturated rings. The van der Waals surface area contributed by atoms with Crippen molar-refractivity contribution >= 4 is 18.1 Å². The highest BCUT2D eigenvalue weighted by molar-refractivity contribution is 5.89. The number of imidazole rings is 1. The number of ether oxygens (including phenoxy) is 1. The quantitative estimate of drug-likeness (QED) is 0.481. The standard InChI is InChI=1S/C22H23F2N9O/c23-19(24)10-31-13-22(14-31,1-2-25)33-9-16(8-29-33)21-30-18(5-20-27-3-4-32(20)21)15(6-26)7-28-17-11-34-12-17/h3-9,15,17,19,26H,1,10-14H2. The number of hydrogen-bond acceptors (Lipinski definition) is 8. The molecule has 0 bridgehead atoms. The number of alkyl halides is 2. The van der Waals surface area contributed by atoms with Crippen molar-refractivity contribution in [3.8, 4) is 17.5 Å². The highest BCUT2D eigenvalue weighted by Gasteiger charge is 2.46. The van der Waals surface area contributed by atoms with E-state index in [4.69, 9.17) is 15.1 Å². The molecule has 0 aliphatic carbocycles. The van der Waals surface area contributed by atoms with Gasteiger partial charge in [0, 0.05) is 50.2 Å². The smallest absolute Gasteiger partial charge is 0.251 e. The molecule has 1 atom stereocenters. The fourth-order valence-electron chi connectivity index (χ4n) is 4.34. The van der Waals surface area contributed by atoms with E-state index in [1.165, 1.54) is 6.21 Å². The van der Waals surface area contributed by atoms with Gasteiger partial charge in [-0.1, -0.05) is 0 Å². The van der Waals surface area contributed by atoms with Crippen molar-refractivity contribution in [2.75, 3.05) is 32.8 Å².